The Morgan fingerprint density at radius 3 is 2.50 bits per heavy atom. The summed E-state index contributed by atoms with van der Waals surface area (Å²) in [4.78, 5) is 31.4. The summed E-state index contributed by atoms with van der Waals surface area (Å²) in [6, 6.07) is 3.19. The van der Waals surface area contributed by atoms with Crippen molar-refractivity contribution < 1.29 is 29.0 Å². The third kappa shape index (κ3) is 3.41. The van der Waals surface area contributed by atoms with Crippen molar-refractivity contribution in [3.05, 3.63) is 23.8 Å². The molecule has 0 radical (unpaired) electrons. The van der Waals surface area contributed by atoms with Crippen LogP contribution in [0.4, 0.5) is 4.79 Å². The van der Waals surface area contributed by atoms with Crippen molar-refractivity contribution in [2.24, 2.45) is 0 Å². The zero-order chi connectivity index (χ0) is 15.5. The van der Waals surface area contributed by atoms with Gasteiger partial charge in [-0.1, -0.05) is 6.07 Å². The predicted molar refractivity (Wildman–Crippen MR) is 71.7 cm³/mol. The summed E-state index contributed by atoms with van der Waals surface area (Å²) in [5.41, 5.74) is 0.152. The van der Waals surface area contributed by atoms with E-state index in [1.54, 1.807) is 0 Å². The predicted octanol–water partition coefficient (Wildman–Crippen LogP) is 0.848. The zero-order valence-corrected chi connectivity index (χ0v) is 12.2. The Hall–Kier alpha value is -1.76. The molecule has 0 aromatic heterocycles. The quantitative estimate of drug-likeness (QED) is 0.612. The highest BCUT2D eigenvalue weighted by atomic mass is 31.2. The molecule has 112 valence electrons. The molecule has 0 aliphatic rings. The first-order valence-corrected chi connectivity index (χ1v) is 7.27. The molecule has 0 saturated heterocycles. The molecular formula is C11H17N2O6P. The maximum atomic E-state index is 11.6. The van der Waals surface area contributed by atoms with Crippen LogP contribution in [-0.2, 0) is 4.57 Å². The average Bonchev–Trinajstić information content (AvgIpc) is 2.38. The molecule has 4 N–H and O–H groups in total. The summed E-state index contributed by atoms with van der Waals surface area (Å²) in [7, 11) is -0.705. The molecule has 1 atom stereocenters. The van der Waals surface area contributed by atoms with E-state index < -0.39 is 19.4 Å². The summed E-state index contributed by atoms with van der Waals surface area (Å²) in [5, 5.41) is 11.8. The van der Waals surface area contributed by atoms with Crippen molar-refractivity contribution in [1.82, 2.24) is 10.2 Å². The second kappa shape index (κ2) is 6.13. The summed E-state index contributed by atoms with van der Waals surface area (Å²) in [6.07, 6.45) is 0. The van der Waals surface area contributed by atoms with E-state index in [1.165, 1.54) is 39.4 Å². The van der Waals surface area contributed by atoms with Gasteiger partial charge < -0.3 is 29.8 Å². The molecule has 0 aliphatic heterocycles. The molecule has 2 amide bonds. The lowest BCUT2D eigenvalue weighted by atomic mass is 10.2. The van der Waals surface area contributed by atoms with Gasteiger partial charge in [-0.3, -0.25) is 4.57 Å². The van der Waals surface area contributed by atoms with Crippen LogP contribution < -0.4 is 10.1 Å². The molecule has 0 fully saturated rings. The van der Waals surface area contributed by atoms with E-state index in [-0.39, 0.29) is 17.1 Å². The Morgan fingerprint density at radius 1 is 1.45 bits per heavy atom. The lowest BCUT2D eigenvalue weighted by molar-refractivity contribution is 0.198. The van der Waals surface area contributed by atoms with Gasteiger partial charge in [0, 0.05) is 14.1 Å². The lowest BCUT2D eigenvalue weighted by Crippen LogP contribution is -2.37. The van der Waals surface area contributed by atoms with Crippen molar-refractivity contribution in [3.8, 4) is 11.5 Å². The Bertz CT molecular complexity index is 544. The minimum absolute atomic E-state index is 0.0613. The van der Waals surface area contributed by atoms with E-state index in [1.807, 2.05) is 0 Å². The van der Waals surface area contributed by atoms with E-state index in [0.717, 1.165) is 4.90 Å². The average molecular weight is 304 g/mol. The smallest absolute Gasteiger partial charge is 0.352 e. The summed E-state index contributed by atoms with van der Waals surface area (Å²) in [5.74, 6) is -1.58. The number of ether oxygens (including phenoxy) is 1. The summed E-state index contributed by atoms with van der Waals surface area (Å²) < 4.78 is 16.5. The van der Waals surface area contributed by atoms with Crippen LogP contribution in [-0.4, -0.2) is 47.0 Å². The molecule has 1 aromatic carbocycles. The van der Waals surface area contributed by atoms with Gasteiger partial charge >= 0.3 is 13.6 Å². The van der Waals surface area contributed by atoms with Gasteiger partial charge in [0.2, 0.25) is 0 Å². The molecule has 20 heavy (non-hydrogen) atoms. The number of benzene rings is 1. The van der Waals surface area contributed by atoms with Crippen molar-refractivity contribution in [2.75, 3.05) is 21.2 Å². The van der Waals surface area contributed by atoms with E-state index in [9.17, 15) is 24.3 Å². The third-order valence-corrected chi connectivity index (χ3v) is 4.00. The molecule has 0 heterocycles. The number of urea groups is 1. The van der Waals surface area contributed by atoms with Crippen LogP contribution in [0.15, 0.2) is 18.2 Å². The van der Waals surface area contributed by atoms with Crippen LogP contribution in [0.5, 0.6) is 11.5 Å². The van der Waals surface area contributed by atoms with Gasteiger partial charge in [0.25, 0.3) is 0 Å². The van der Waals surface area contributed by atoms with Crippen LogP contribution in [0.3, 0.4) is 0 Å². The molecule has 1 aromatic rings. The molecule has 9 heteroatoms. The highest BCUT2D eigenvalue weighted by molar-refractivity contribution is 7.52. The number of carbonyl (C=O) groups excluding carboxylic acids is 1. The molecule has 0 bridgehead atoms. The second-order valence-corrected chi connectivity index (χ2v) is 5.73. The van der Waals surface area contributed by atoms with Crippen molar-refractivity contribution in [2.45, 2.75) is 5.78 Å². The van der Waals surface area contributed by atoms with Gasteiger partial charge in [0.1, 0.15) is 0 Å². The molecule has 0 spiro atoms. The Labute approximate surface area is 116 Å². The minimum atomic E-state index is -4.64. The largest absolute Gasteiger partial charge is 0.504 e. The molecule has 0 aliphatic carbocycles. The highest BCUT2D eigenvalue weighted by Gasteiger charge is 2.36. The number of phenols is 1. The van der Waals surface area contributed by atoms with Crippen molar-refractivity contribution >= 4 is 13.6 Å². The number of phenolic OH excluding ortho intramolecular Hbond substituents is 1. The van der Waals surface area contributed by atoms with E-state index in [0.29, 0.717) is 0 Å². The molecule has 1 unspecified atom stereocenters. The lowest BCUT2D eigenvalue weighted by Gasteiger charge is -2.28. The van der Waals surface area contributed by atoms with Gasteiger partial charge in [0.15, 0.2) is 17.3 Å². The Kier molecular flexibility index (Phi) is 4.99. The number of aromatic hydroxyl groups is 1. The first-order valence-electron chi connectivity index (χ1n) is 5.59. The van der Waals surface area contributed by atoms with Crippen LogP contribution in [0.1, 0.15) is 11.3 Å². The normalized spacial score (nSPS) is 12.7. The minimum Gasteiger partial charge on any atom is -0.504 e. The SMILES string of the molecule is CNC(=O)N(C)C(c1ccc(O)c(OC)c1)P(=O)(O)O. The number of rotatable bonds is 4. The molecule has 1 rings (SSSR count). The van der Waals surface area contributed by atoms with Gasteiger partial charge in [0.05, 0.1) is 7.11 Å². The number of carbonyl (C=O) groups is 1. The van der Waals surface area contributed by atoms with Gasteiger partial charge in [-0.25, -0.2) is 4.79 Å². The number of hydrogen-bond acceptors (Lipinski definition) is 4. The first-order chi connectivity index (χ1) is 9.22. The Balaban J connectivity index is 3.32. The number of methoxy groups -OCH3 is 1. The van der Waals surface area contributed by atoms with Crippen LogP contribution in [0.25, 0.3) is 0 Å². The van der Waals surface area contributed by atoms with E-state index >= 15 is 0 Å². The first kappa shape index (κ1) is 16.3. The standard InChI is InChI=1S/C11H17N2O6P/c1-12-11(15)13(2)10(20(16,17)18)7-4-5-8(14)9(6-7)19-3/h4-6,10,14H,1-3H3,(H,12,15)(H2,16,17,18). The number of hydrogen-bond donors (Lipinski definition) is 4. The number of nitrogens with one attached hydrogen (secondary N) is 1. The van der Waals surface area contributed by atoms with Gasteiger partial charge in [-0.2, -0.15) is 0 Å². The van der Waals surface area contributed by atoms with Crippen molar-refractivity contribution in [1.29, 1.82) is 0 Å². The topological polar surface area (TPSA) is 119 Å². The fourth-order valence-electron chi connectivity index (χ4n) is 1.79. The van der Waals surface area contributed by atoms with Gasteiger partial charge in [-0.05, 0) is 17.7 Å². The fourth-order valence-corrected chi connectivity index (χ4v) is 2.89. The van der Waals surface area contributed by atoms with Gasteiger partial charge in [-0.15, -0.1) is 0 Å². The van der Waals surface area contributed by atoms with E-state index in [4.69, 9.17) is 4.74 Å². The summed E-state index contributed by atoms with van der Waals surface area (Å²) in [6.45, 7) is 0. The second-order valence-electron chi connectivity index (χ2n) is 4.06. The number of nitrogens with zero attached hydrogens (tertiary/aromatic N) is 1. The molecule has 8 nitrogen and oxygen atoms in total. The maximum absolute atomic E-state index is 11.6. The van der Waals surface area contributed by atoms with Crippen molar-refractivity contribution in [3.63, 3.8) is 0 Å². The molecule has 0 saturated carbocycles. The fraction of sp³-hybridized carbons (Fsp3) is 0.364. The van der Waals surface area contributed by atoms with Crippen LogP contribution in [0.2, 0.25) is 0 Å². The van der Waals surface area contributed by atoms with Crippen LogP contribution in [0, 0.1) is 0 Å². The highest BCUT2D eigenvalue weighted by Crippen LogP contribution is 2.54. The zero-order valence-electron chi connectivity index (χ0n) is 11.3. The van der Waals surface area contributed by atoms with E-state index in [2.05, 4.69) is 5.32 Å². The number of amides is 2. The maximum Gasteiger partial charge on any atom is 0.352 e. The monoisotopic (exact) mass is 304 g/mol. The molecular weight excluding hydrogens is 287 g/mol. The summed E-state index contributed by atoms with van der Waals surface area (Å²) >= 11 is 0. The van der Waals surface area contributed by atoms with Crippen LogP contribution >= 0.6 is 7.60 Å². The Morgan fingerprint density at radius 2 is 2.05 bits per heavy atom. The third-order valence-electron chi connectivity index (χ3n) is 2.72.